The first kappa shape index (κ1) is 15.0. The fourth-order valence-electron chi connectivity index (χ4n) is 1.87. The highest BCUT2D eigenvalue weighted by Gasteiger charge is 2.18. The lowest BCUT2D eigenvalue weighted by molar-refractivity contribution is -0.142. The van der Waals surface area contributed by atoms with E-state index >= 15 is 0 Å². The maximum Gasteiger partial charge on any atom is 0.439 e. The Labute approximate surface area is 124 Å². The molecule has 2 amide bonds. The zero-order valence-corrected chi connectivity index (χ0v) is 12.1. The van der Waals surface area contributed by atoms with Crippen molar-refractivity contribution >= 4 is 23.4 Å². The van der Waals surface area contributed by atoms with Gasteiger partial charge in [-0.15, -0.1) is 0 Å². The standard InChI is InChI=1S/C13H12ClN3O4/c1-7(18)17(8(2)19)6-9-3-4-10(14)5-11(9)12-15-13(20)21-16-12/h3-5H,6H2,1-2H3,(H,15,16,20). The fraction of sp³-hybridized carbons (Fsp3) is 0.231. The Morgan fingerprint density at radius 3 is 2.52 bits per heavy atom. The van der Waals surface area contributed by atoms with Gasteiger partial charge in [0.05, 0.1) is 6.54 Å². The summed E-state index contributed by atoms with van der Waals surface area (Å²) in [5.74, 6) is -1.27. The van der Waals surface area contributed by atoms with Gasteiger partial charge in [-0.1, -0.05) is 22.8 Å². The molecule has 0 unspecified atom stereocenters. The van der Waals surface area contributed by atoms with E-state index in [0.717, 1.165) is 4.90 Å². The lowest BCUT2D eigenvalue weighted by atomic mass is 10.1. The van der Waals surface area contributed by atoms with E-state index in [2.05, 4.69) is 14.7 Å². The SMILES string of the molecule is CC(=O)N(Cc1ccc(Cl)cc1-c1noc(=O)[nH]1)C(C)=O. The number of rotatable bonds is 3. The molecule has 0 aliphatic carbocycles. The summed E-state index contributed by atoms with van der Waals surface area (Å²) in [4.78, 5) is 37.5. The van der Waals surface area contributed by atoms with Gasteiger partial charge in [0.2, 0.25) is 11.8 Å². The molecule has 8 heteroatoms. The highest BCUT2D eigenvalue weighted by Crippen LogP contribution is 2.25. The van der Waals surface area contributed by atoms with Crippen LogP contribution in [-0.2, 0) is 16.1 Å². The molecule has 0 spiro atoms. The van der Waals surface area contributed by atoms with Crippen LogP contribution in [0.25, 0.3) is 11.4 Å². The summed E-state index contributed by atoms with van der Waals surface area (Å²) in [5.41, 5.74) is 1.09. The monoisotopic (exact) mass is 309 g/mol. The van der Waals surface area contributed by atoms with E-state index in [1.54, 1.807) is 18.2 Å². The number of aromatic nitrogens is 2. The van der Waals surface area contributed by atoms with Crippen LogP contribution in [0.5, 0.6) is 0 Å². The first-order valence-electron chi connectivity index (χ1n) is 6.02. The predicted octanol–water partition coefficient (Wildman–Crippen LogP) is 1.58. The Morgan fingerprint density at radius 1 is 1.33 bits per heavy atom. The molecular formula is C13H12ClN3O4. The number of nitrogens with zero attached hydrogens (tertiary/aromatic N) is 2. The first-order valence-corrected chi connectivity index (χ1v) is 6.39. The molecule has 1 aromatic carbocycles. The second-order valence-electron chi connectivity index (χ2n) is 4.37. The summed E-state index contributed by atoms with van der Waals surface area (Å²) in [6, 6.07) is 4.85. The third-order valence-electron chi connectivity index (χ3n) is 2.86. The minimum absolute atomic E-state index is 0.0477. The van der Waals surface area contributed by atoms with Gasteiger partial charge in [-0.2, -0.15) is 0 Å². The quantitative estimate of drug-likeness (QED) is 0.928. The number of amides is 2. The molecule has 0 radical (unpaired) electrons. The van der Waals surface area contributed by atoms with Crippen molar-refractivity contribution in [2.75, 3.05) is 0 Å². The topological polar surface area (TPSA) is 96.3 Å². The lowest BCUT2D eigenvalue weighted by Crippen LogP contribution is -2.32. The summed E-state index contributed by atoms with van der Waals surface area (Å²) >= 11 is 5.94. The van der Waals surface area contributed by atoms with E-state index < -0.39 is 5.76 Å². The predicted molar refractivity (Wildman–Crippen MR) is 74.5 cm³/mol. The molecule has 1 N–H and O–H groups in total. The number of nitrogens with one attached hydrogen (secondary N) is 1. The van der Waals surface area contributed by atoms with Crippen LogP contribution in [-0.4, -0.2) is 26.9 Å². The van der Waals surface area contributed by atoms with Crippen molar-refractivity contribution in [3.05, 3.63) is 39.3 Å². The summed E-state index contributed by atoms with van der Waals surface area (Å²) in [6.45, 7) is 2.65. The van der Waals surface area contributed by atoms with Gasteiger partial charge in [-0.3, -0.25) is 24.0 Å². The Bertz CT molecular complexity index is 736. The van der Waals surface area contributed by atoms with Crippen LogP contribution in [0.2, 0.25) is 5.02 Å². The van der Waals surface area contributed by atoms with Crippen LogP contribution in [0.15, 0.2) is 27.5 Å². The highest BCUT2D eigenvalue weighted by molar-refractivity contribution is 6.30. The van der Waals surface area contributed by atoms with Crippen molar-refractivity contribution in [3.63, 3.8) is 0 Å². The molecule has 2 rings (SSSR count). The summed E-state index contributed by atoms with van der Waals surface area (Å²) < 4.78 is 4.46. The van der Waals surface area contributed by atoms with Crippen LogP contribution in [0.1, 0.15) is 19.4 Å². The van der Waals surface area contributed by atoms with Crippen molar-refractivity contribution in [1.82, 2.24) is 15.0 Å². The number of hydrogen-bond acceptors (Lipinski definition) is 5. The first-order chi connectivity index (χ1) is 9.88. The lowest BCUT2D eigenvalue weighted by Gasteiger charge is -2.18. The zero-order chi connectivity index (χ0) is 15.6. The Morgan fingerprint density at radius 2 is 2.00 bits per heavy atom. The highest BCUT2D eigenvalue weighted by atomic mass is 35.5. The largest absolute Gasteiger partial charge is 0.439 e. The third kappa shape index (κ3) is 3.38. The molecule has 1 aromatic heterocycles. The molecule has 1 heterocycles. The number of carbonyl (C=O) groups is 2. The van der Waals surface area contributed by atoms with Crippen LogP contribution < -0.4 is 5.76 Å². The minimum Gasteiger partial charge on any atom is -0.296 e. The number of imide groups is 1. The molecule has 0 saturated carbocycles. The maximum absolute atomic E-state index is 11.5. The Balaban J connectivity index is 2.46. The summed E-state index contributed by atoms with van der Waals surface area (Å²) in [7, 11) is 0. The van der Waals surface area contributed by atoms with Crippen LogP contribution in [0, 0.1) is 0 Å². The van der Waals surface area contributed by atoms with Crippen LogP contribution in [0.4, 0.5) is 0 Å². The molecule has 7 nitrogen and oxygen atoms in total. The van der Waals surface area contributed by atoms with E-state index in [1.807, 2.05) is 0 Å². The second-order valence-corrected chi connectivity index (χ2v) is 4.81. The minimum atomic E-state index is -0.703. The van der Waals surface area contributed by atoms with Crippen molar-refractivity contribution in [1.29, 1.82) is 0 Å². The van der Waals surface area contributed by atoms with Gasteiger partial charge >= 0.3 is 5.76 Å². The number of halogens is 1. The Kier molecular flexibility index (Phi) is 4.23. The van der Waals surface area contributed by atoms with Gasteiger partial charge in [-0.25, -0.2) is 4.79 Å². The second kappa shape index (κ2) is 5.92. The fourth-order valence-corrected chi connectivity index (χ4v) is 2.04. The molecule has 0 atom stereocenters. The van der Waals surface area contributed by atoms with Crippen molar-refractivity contribution < 1.29 is 14.1 Å². The number of carbonyl (C=O) groups excluding carboxylic acids is 2. The Hall–Kier alpha value is -2.41. The molecule has 0 bridgehead atoms. The van der Waals surface area contributed by atoms with Gasteiger partial charge < -0.3 is 0 Å². The number of aromatic amines is 1. The van der Waals surface area contributed by atoms with Crippen LogP contribution in [0.3, 0.4) is 0 Å². The van der Waals surface area contributed by atoms with Gasteiger partial charge in [0.15, 0.2) is 5.82 Å². The average Bonchev–Trinajstić information content (AvgIpc) is 2.82. The number of benzene rings is 1. The molecule has 0 fully saturated rings. The summed E-state index contributed by atoms with van der Waals surface area (Å²) in [5, 5.41) is 4.02. The van der Waals surface area contributed by atoms with Gasteiger partial charge in [0.25, 0.3) is 0 Å². The molecule has 2 aromatic rings. The van der Waals surface area contributed by atoms with Crippen molar-refractivity contribution in [2.24, 2.45) is 0 Å². The molecule has 0 saturated heterocycles. The van der Waals surface area contributed by atoms with E-state index in [-0.39, 0.29) is 24.2 Å². The number of H-pyrrole nitrogens is 1. The third-order valence-corrected chi connectivity index (χ3v) is 3.09. The molecule has 110 valence electrons. The normalized spacial score (nSPS) is 10.4. The molecule has 0 aliphatic rings. The van der Waals surface area contributed by atoms with E-state index in [4.69, 9.17) is 11.6 Å². The number of hydrogen-bond donors (Lipinski definition) is 1. The van der Waals surface area contributed by atoms with Crippen molar-refractivity contribution in [2.45, 2.75) is 20.4 Å². The van der Waals surface area contributed by atoms with E-state index in [0.29, 0.717) is 16.1 Å². The van der Waals surface area contributed by atoms with Crippen molar-refractivity contribution in [3.8, 4) is 11.4 Å². The molecular weight excluding hydrogens is 298 g/mol. The molecule has 21 heavy (non-hydrogen) atoms. The van der Waals surface area contributed by atoms with Gasteiger partial charge in [0, 0.05) is 24.4 Å². The van der Waals surface area contributed by atoms with Gasteiger partial charge in [-0.05, 0) is 17.7 Å². The smallest absolute Gasteiger partial charge is 0.296 e. The van der Waals surface area contributed by atoms with Crippen LogP contribution >= 0.6 is 11.6 Å². The average molecular weight is 310 g/mol. The molecule has 0 aliphatic heterocycles. The maximum atomic E-state index is 11.5. The zero-order valence-electron chi connectivity index (χ0n) is 11.3. The summed E-state index contributed by atoms with van der Waals surface area (Å²) in [6.07, 6.45) is 0. The van der Waals surface area contributed by atoms with Gasteiger partial charge in [0.1, 0.15) is 0 Å². The van der Waals surface area contributed by atoms with E-state index in [9.17, 15) is 14.4 Å². The van der Waals surface area contributed by atoms with E-state index in [1.165, 1.54) is 13.8 Å².